The Labute approximate surface area is 174 Å². The lowest BCUT2D eigenvalue weighted by Crippen LogP contribution is -2.47. The minimum absolute atomic E-state index is 0.287. The number of nitrogens with one attached hydrogen (secondary N) is 1. The van der Waals surface area contributed by atoms with Crippen molar-refractivity contribution < 1.29 is 13.2 Å². The molecule has 0 radical (unpaired) electrons. The maximum absolute atomic E-state index is 12.5. The summed E-state index contributed by atoms with van der Waals surface area (Å²) in [5.74, 6) is 0.723. The van der Waals surface area contributed by atoms with E-state index in [1.54, 1.807) is 18.2 Å². The summed E-state index contributed by atoms with van der Waals surface area (Å²) in [4.78, 5) is 5.08. The van der Waals surface area contributed by atoms with Gasteiger partial charge in [0.1, 0.15) is 5.75 Å². The first kappa shape index (κ1) is 21.6. The predicted molar refractivity (Wildman–Crippen MR) is 117 cm³/mol. The summed E-state index contributed by atoms with van der Waals surface area (Å²) in [6.07, 6.45) is 0.792. The summed E-state index contributed by atoms with van der Waals surface area (Å²) >= 11 is 0. The van der Waals surface area contributed by atoms with Gasteiger partial charge in [-0.15, -0.1) is 0 Å². The van der Waals surface area contributed by atoms with Gasteiger partial charge in [-0.1, -0.05) is 18.2 Å². The summed E-state index contributed by atoms with van der Waals surface area (Å²) in [7, 11) is -3.49. The molecule has 0 unspecified atom stereocenters. The monoisotopic (exact) mass is 417 g/mol. The van der Waals surface area contributed by atoms with E-state index < -0.39 is 10.0 Å². The van der Waals surface area contributed by atoms with Crippen LogP contribution in [-0.4, -0.2) is 59.2 Å². The second-order valence-corrected chi connectivity index (χ2v) is 9.04. The highest BCUT2D eigenvalue weighted by Gasteiger charge is 2.18. The Morgan fingerprint density at radius 1 is 1.03 bits per heavy atom. The fourth-order valence-corrected chi connectivity index (χ4v) is 4.73. The third kappa shape index (κ3) is 5.95. The van der Waals surface area contributed by atoms with E-state index in [-0.39, 0.29) is 4.90 Å². The summed E-state index contributed by atoms with van der Waals surface area (Å²) < 4.78 is 33.3. The van der Waals surface area contributed by atoms with Gasteiger partial charge in [0, 0.05) is 38.4 Å². The van der Waals surface area contributed by atoms with Crippen LogP contribution >= 0.6 is 0 Å². The Hall–Kier alpha value is -2.09. The molecule has 1 saturated heterocycles. The number of piperazine rings is 1. The number of sulfonamides is 1. The molecular formula is C22H31N3O3S. The highest BCUT2D eigenvalue weighted by atomic mass is 32.2. The zero-order valence-electron chi connectivity index (χ0n) is 17.3. The lowest BCUT2D eigenvalue weighted by atomic mass is 10.2. The molecule has 0 bridgehead atoms. The van der Waals surface area contributed by atoms with Crippen LogP contribution in [0.4, 0.5) is 5.69 Å². The molecule has 7 heteroatoms. The van der Waals surface area contributed by atoms with Crippen LogP contribution in [0.15, 0.2) is 53.4 Å². The Balaban J connectivity index is 1.42. The van der Waals surface area contributed by atoms with Crippen molar-refractivity contribution in [3.63, 3.8) is 0 Å². The Morgan fingerprint density at radius 3 is 2.41 bits per heavy atom. The van der Waals surface area contributed by atoms with Gasteiger partial charge in [-0.3, -0.25) is 4.90 Å². The van der Waals surface area contributed by atoms with Crippen molar-refractivity contribution in [2.24, 2.45) is 0 Å². The zero-order valence-corrected chi connectivity index (χ0v) is 18.1. The van der Waals surface area contributed by atoms with E-state index in [0.29, 0.717) is 13.2 Å². The molecule has 2 aromatic rings. The van der Waals surface area contributed by atoms with Crippen LogP contribution in [0.3, 0.4) is 0 Å². The zero-order chi connectivity index (χ0) is 20.7. The van der Waals surface area contributed by atoms with Gasteiger partial charge in [-0.05, 0) is 62.7 Å². The Kier molecular flexibility index (Phi) is 7.52. The molecule has 0 atom stereocenters. The van der Waals surface area contributed by atoms with Crippen LogP contribution in [-0.2, 0) is 10.0 Å². The number of nitrogens with zero attached hydrogens (tertiary/aromatic N) is 2. The molecule has 3 rings (SSSR count). The third-order valence-corrected chi connectivity index (χ3v) is 6.65. The molecule has 0 aromatic heterocycles. The number of benzene rings is 2. The maximum atomic E-state index is 12.5. The third-order valence-electron chi connectivity index (χ3n) is 5.19. The molecule has 6 nitrogen and oxygen atoms in total. The standard InChI is InChI=1S/C22H31N3O3S/c1-3-28-22-11-10-21(18-19(22)2)29(26,27)23-12-7-13-24-14-16-25(17-15-24)20-8-5-4-6-9-20/h4-6,8-11,18,23H,3,7,12-17H2,1-2H3. The van der Waals surface area contributed by atoms with Crippen molar-refractivity contribution in [3.05, 3.63) is 54.1 Å². The van der Waals surface area contributed by atoms with Crippen LogP contribution < -0.4 is 14.4 Å². The number of ether oxygens (including phenoxy) is 1. The van der Waals surface area contributed by atoms with E-state index in [4.69, 9.17) is 4.74 Å². The summed E-state index contributed by atoms with van der Waals surface area (Å²) in [5.41, 5.74) is 2.09. The number of rotatable bonds is 9. The van der Waals surface area contributed by atoms with E-state index >= 15 is 0 Å². The van der Waals surface area contributed by atoms with Gasteiger partial charge in [0.25, 0.3) is 0 Å². The Morgan fingerprint density at radius 2 is 1.76 bits per heavy atom. The topological polar surface area (TPSA) is 61.9 Å². The van der Waals surface area contributed by atoms with Crippen molar-refractivity contribution in [2.75, 3.05) is 50.8 Å². The fraction of sp³-hybridized carbons (Fsp3) is 0.455. The number of anilines is 1. The van der Waals surface area contributed by atoms with Crippen LogP contribution in [0.2, 0.25) is 0 Å². The molecule has 1 fully saturated rings. The summed E-state index contributed by atoms with van der Waals surface area (Å²) in [6.45, 7) is 9.67. The minimum Gasteiger partial charge on any atom is -0.494 e. The molecule has 0 spiro atoms. The molecule has 2 aromatic carbocycles. The number of para-hydroxylation sites is 1. The predicted octanol–water partition coefficient (Wildman–Crippen LogP) is 2.88. The summed E-state index contributed by atoms with van der Waals surface area (Å²) in [5, 5.41) is 0. The average Bonchev–Trinajstić information content (AvgIpc) is 2.74. The van der Waals surface area contributed by atoms with E-state index in [2.05, 4.69) is 38.8 Å². The van der Waals surface area contributed by atoms with E-state index in [1.807, 2.05) is 19.9 Å². The molecule has 0 amide bonds. The van der Waals surface area contributed by atoms with E-state index in [0.717, 1.165) is 50.5 Å². The molecule has 29 heavy (non-hydrogen) atoms. The van der Waals surface area contributed by atoms with Crippen molar-refractivity contribution in [1.82, 2.24) is 9.62 Å². The second kappa shape index (κ2) is 10.1. The van der Waals surface area contributed by atoms with Gasteiger partial charge in [0.15, 0.2) is 0 Å². The molecule has 1 N–H and O–H groups in total. The first-order chi connectivity index (χ1) is 14.0. The fourth-order valence-electron chi connectivity index (χ4n) is 3.57. The lowest BCUT2D eigenvalue weighted by molar-refractivity contribution is 0.255. The minimum atomic E-state index is -3.49. The van der Waals surface area contributed by atoms with Crippen molar-refractivity contribution in [3.8, 4) is 5.75 Å². The highest BCUT2D eigenvalue weighted by Crippen LogP contribution is 2.21. The van der Waals surface area contributed by atoms with Crippen LogP contribution in [0.5, 0.6) is 5.75 Å². The molecule has 1 aliphatic heterocycles. The largest absolute Gasteiger partial charge is 0.494 e. The highest BCUT2D eigenvalue weighted by molar-refractivity contribution is 7.89. The van der Waals surface area contributed by atoms with Crippen molar-refractivity contribution in [2.45, 2.75) is 25.2 Å². The normalized spacial score (nSPS) is 15.4. The molecular weight excluding hydrogens is 386 g/mol. The van der Waals surface area contributed by atoms with Gasteiger partial charge in [-0.25, -0.2) is 13.1 Å². The molecule has 158 valence electrons. The molecule has 1 aliphatic rings. The number of aryl methyl sites for hydroxylation is 1. The summed E-state index contributed by atoms with van der Waals surface area (Å²) in [6, 6.07) is 15.5. The first-order valence-electron chi connectivity index (χ1n) is 10.2. The van der Waals surface area contributed by atoms with E-state index in [1.165, 1.54) is 5.69 Å². The smallest absolute Gasteiger partial charge is 0.240 e. The Bertz CT molecular complexity index is 879. The van der Waals surface area contributed by atoms with Crippen molar-refractivity contribution in [1.29, 1.82) is 0 Å². The van der Waals surface area contributed by atoms with Crippen LogP contribution in [0, 0.1) is 6.92 Å². The average molecular weight is 418 g/mol. The van der Waals surface area contributed by atoms with Crippen molar-refractivity contribution >= 4 is 15.7 Å². The van der Waals surface area contributed by atoms with Gasteiger partial charge < -0.3 is 9.64 Å². The van der Waals surface area contributed by atoms with Crippen LogP contribution in [0.25, 0.3) is 0 Å². The maximum Gasteiger partial charge on any atom is 0.240 e. The quantitative estimate of drug-likeness (QED) is 0.636. The molecule has 0 aliphatic carbocycles. The van der Waals surface area contributed by atoms with Gasteiger partial charge in [0.05, 0.1) is 11.5 Å². The number of hydrogen-bond donors (Lipinski definition) is 1. The first-order valence-corrected chi connectivity index (χ1v) is 11.7. The SMILES string of the molecule is CCOc1ccc(S(=O)(=O)NCCCN2CCN(c3ccccc3)CC2)cc1C. The number of hydrogen-bond acceptors (Lipinski definition) is 5. The van der Waals surface area contributed by atoms with Gasteiger partial charge in [-0.2, -0.15) is 0 Å². The van der Waals surface area contributed by atoms with E-state index in [9.17, 15) is 8.42 Å². The molecule has 1 heterocycles. The lowest BCUT2D eigenvalue weighted by Gasteiger charge is -2.36. The van der Waals surface area contributed by atoms with Gasteiger partial charge >= 0.3 is 0 Å². The molecule has 0 saturated carbocycles. The van der Waals surface area contributed by atoms with Crippen LogP contribution in [0.1, 0.15) is 18.9 Å². The van der Waals surface area contributed by atoms with Gasteiger partial charge in [0.2, 0.25) is 10.0 Å². The second-order valence-electron chi connectivity index (χ2n) is 7.28.